The normalized spacial score (nSPS) is 24.5. The molecule has 1 fully saturated rings. The van der Waals surface area contributed by atoms with E-state index in [1.165, 1.54) is 0 Å². The molecule has 0 radical (unpaired) electrons. The van der Waals surface area contributed by atoms with Crippen LogP contribution in [0.5, 0.6) is 0 Å². The molecule has 62 valence electrons. The molecule has 11 heavy (non-hydrogen) atoms. The van der Waals surface area contributed by atoms with Crippen LogP contribution in [-0.2, 0) is 0 Å². The molecule has 1 saturated heterocycles. The third-order valence-corrected chi connectivity index (χ3v) is 2.40. The molecule has 3 nitrogen and oxygen atoms in total. The highest BCUT2D eigenvalue weighted by molar-refractivity contribution is 4.83. The molecular formula is C8H15N3. The standard InChI is InChI=1S/C8H15N3/c1-10-8(9)7-3-5-11(2)6-4-7/h7-8H,3-6,9H2,2H3. The number of hydrogen-bond acceptors (Lipinski definition) is 2. The van der Waals surface area contributed by atoms with Gasteiger partial charge in [-0.2, -0.15) is 0 Å². The van der Waals surface area contributed by atoms with Crippen molar-refractivity contribution in [1.82, 2.24) is 4.90 Å². The van der Waals surface area contributed by atoms with Crippen LogP contribution in [0.25, 0.3) is 4.85 Å². The summed E-state index contributed by atoms with van der Waals surface area (Å²) < 4.78 is 0. The maximum absolute atomic E-state index is 6.78. The van der Waals surface area contributed by atoms with Crippen LogP contribution < -0.4 is 5.73 Å². The zero-order valence-electron chi connectivity index (χ0n) is 6.95. The fourth-order valence-corrected chi connectivity index (χ4v) is 1.48. The van der Waals surface area contributed by atoms with Crippen LogP contribution in [0.15, 0.2) is 0 Å². The van der Waals surface area contributed by atoms with Crippen molar-refractivity contribution in [3.8, 4) is 0 Å². The van der Waals surface area contributed by atoms with Crippen molar-refractivity contribution in [3.05, 3.63) is 11.4 Å². The highest BCUT2D eigenvalue weighted by Crippen LogP contribution is 2.18. The maximum atomic E-state index is 6.78. The number of piperidine rings is 1. The van der Waals surface area contributed by atoms with E-state index in [1.54, 1.807) is 0 Å². The van der Waals surface area contributed by atoms with E-state index in [0.29, 0.717) is 5.92 Å². The summed E-state index contributed by atoms with van der Waals surface area (Å²) in [6.07, 6.45) is 1.91. The average Bonchev–Trinajstić information content (AvgIpc) is 2.05. The topological polar surface area (TPSA) is 33.6 Å². The zero-order chi connectivity index (χ0) is 8.27. The lowest BCUT2D eigenvalue weighted by Crippen LogP contribution is -2.37. The Hall–Kier alpha value is -0.590. The van der Waals surface area contributed by atoms with Gasteiger partial charge in [0.1, 0.15) is 0 Å². The molecule has 1 atom stereocenters. The second-order valence-electron chi connectivity index (χ2n) is 3.26. The number of hydrogen-bond donors (Lipinski definition) is 1. The van der Waals surface area contributed by atoms with Crippen molar-refractivity contribution < 1.29 is 0 Å². The summed E-state index contributed by atoms with van der Waals surface area (Å²) in [5.74, 6) is 0.434. The van der Waals surface area contributed by atoms with Crippen LogP contribution >= 0.6 is 0 Å². The summed E-state index contributed by atoms with van der Waals surface area (Å²) in [5, 5.41) is 0. The molecule has 0 bridgehead atoms. The molecule has 0 aromatic carbocycles. The molecule has 0 spiro atoms. The van der Waals surface area contributed by atoms with E-state index in [0.717, 1.165) is 25.9 Å². The molecule has 0 aromatic heterocycles. The molecule has 3 heteroatoms. The Morgan fingerprint density at radius 1 is 1.55 bits per heavy atom. The van der Waals surface area contributed by atoms with E-state index in [4.69, 9.17) is 12.3 Å². The average molecular weight is 153 g/mol. The van der Waals surface area contributed by atoms with Gasteiger partial charge < -0.3 is 4.90 Å². The highest BCUT2D eigenvalue weighted by atomic mass is 15.1. The van der Waals surface area contributed by atoms with Crippen LogP contribution in [-0.4, -0.2) is 31.2 Å². The van der Waals surface area contributed by atoms with Gasteiger partial charge in [0.15, 0.2) is 0 Å². The van der Waals surface area contributed by atoms with E-state index in [-0.39, 0.29) is 6.17 Å². The van der Waals surface area contributed by atoms with E-state index < -0.39 is 0 Å². The van der Waals surface area contributed by atoms with Gasteiger partial charge in [-0.25, -0.2) is 6.57 Å². The second kappa shape index (κ2) is 3.70. The van der Waals surface area contributed by atoms with Gasteiger partial charge in [-0.1, -0.05) is 0 Å². The van der Waals surface area contributed by atoms with Crippen molar-refractivity contribution in [2.75, 3.05) is 20.1 Å². The van der Waals surface area contributed by atoms with Crippen LogP contribution in [0.3, 0.4) is 0 Å². The Bertz CT molecular complexity index is 153. The van der Waals surface area contributed by atoms with Crippen molar-refractivity contribution in [2.45, 2.75) is 19.0 Å². The Morgan fingerprint density at radius 3 is 2.55 bits per heavy atom. The third-order valence-electron chi connectivity index (χ3n) is 2.40. The number of likely N-dealkylation sites (tertiary alicyclic amines) is 1. The van der Waals surface area contributed by atoms with Crippen molar-refractivity contribution in [1.29, 1.82) is 0 Å². The van der Waals surface area contributed by atoms with Gasteiger partial charge in [-0.05, 0) is 33.0 Å². The van der Waals surface area contributed by atoms with E-state index >= 15 is 0 Å². The molecule has 0 aliphatic carbocycles. The molecule has 1 rings (SSSR count). The lowest BCUT2D eigenvalue weighted by atomic mass is 9.95. The minimum Gasteiger partial charge on any atom is -0.306 e. The summed E-state index contributed by atoms with van der Waals surface area (Å²) in [6, 6.07) is 0. The van der Waals surface area contributed by atoms with Gasteiger partial charge in [-0.3, -0.25) is 10.6 Å². The molecule has 2 N–H and O–H groups in total. The van der Waals surface area contributed by atoms with Crippen molar-refractivity contribution in [3.63, 3.8) is 0 Å². The van der Waals surface area contributed by atoms with Crippen LogP contribution in [0, 0.1) is 12.5 Å². The molecular weight excluding hydrogens is 138 g/mol. The fourth-order valence-electron chi connectivity index (χ4n) is 1.48. The van der Waals surface area contributed by atoms with Gasteiger partial charge >= 0.3 is 0 Å². The largest absolute Gasteiger partial charge is 0.306 e. The smallest absolute Gasteiger partial charge is 0.277 e. The molecule has 1 aliphatic heterocycles. The second-order valence-corrected chi connectivity index (χ2v) is 3.26. The Morgan fingerprint density at radius 2 is 2.09 bits per heavy atom. The van der Waals surface area contributed by atoms with Crippen LogP contribution in [0.4, 0.5) is 0 Å². The quantitative estimate of drug-likeness (QED) is 0.558. The van der Waals surface area contributed by atoms with E-state index in [2.05, 4.69) is 16.8 Å². The predicted octanol–water partition coefficient (Wildman–Crippen LogP) is 0.532. The molecule has 1 heterocycles. The summed E-state index contributed by atoms with van der Waals surface area (Å²) in [6.45, 7) is 8.96. The summed E-state index contributed by atoms with van der Waals surface area (Å²) in [4.78, 5) is 5.63. The Kier molecular flexibility index (Phi) is 2.86. The molecule has 0 saturated carbocycles. The van der Waals surface area contributed by atoms with E-state index in [1.807, 2.05) is 0 Å². The van der Waals surface area contributed by atoms with Crippen LogP contribution in [0.2, 0.25) is 0 Å². The minimum absolute atomic E-state index is 0.260. The van der Waals surface area contributed by atoms with Crippen molar-refractivity contribution >= 4 is 0 Å². The van der Waals surface area contributed by atoms with Crippen molar-refractivity contribution in [2.24, 2.45) is 11.7 Å². The predicted molar refractivity (Wildman–Crippen MR) is 44.8 cm³/mol. The number of nitrogens with zero attached hydrogens (tertiary/aromatic N) is 2. The monoisotopic (exact) mass is 153 g/mol. The first-order valence-corrected chi connectivity index (χ1v) is 4.04. The van der Waals surface area contributed by atoms with Gasteiger partial charge in [0.25, 0.3) is 6.17 Å². The first-order chi connectivity index (χ1) is 5.24. The lowest BCUT2D eigenvalue weighted by molar-refractivity contribution is 0.209. The van der Waals surface area contributed by atoms with Gasteiger partial charge in [0.2, 0.25) is 0 Å². The first kappa shape index (κ1) is 8.51. The van der Waals surface area contributed by atoms with Gasteiger partial charge in [-0.15, -0.1) is 0 Å². The highest BCUT2D eigenvalue weighted by Gasteiger charge is 2.25. The summed E-state index contributed by atoms with van der Waals surface area (Å²) in [7, 11) is 2.11. The summed E-state index contributed by atoms with van der Waals surface area (Å²) >= 11 is 0. The molecule has 1 unspecified atom stereocenters. The molecule has 0 amide bonds. The lowest BCUT2D eigenvalue weighted by Gasteiger charge is -2.27. The number of nitrogens with two attached hydrogens (primary N) is 1. The third kappa shape index (κ3) is 2.18. The Balaban J connectivity index is 2.34. The van der Waals surface area contributed by atoms with Crippen LogP contribution in [0.1, 0.15) is 12.8 Å². The number of rotatable bonds is 1. The molecule has 1 aliphatic rings. The maximum Gasteiger partial charge on any atom is 0.277 e. The van der Waals surface area contributed by atoms with Gasteiger partial charge in [0.05, 0.1) is 5.92 Å². The molecule has 0 aromatic rings. The van der Waals surface area contributed by atoms with Gasteiger partial charge in [0, 0.05) is 0 Å². The summed E-state index contributed by atoms with van der Waals surface area (Å²) in [5.41, 5.74) is 5.62. The SMILES string of the molecule is [C-]#[N+]C(N)C1CCN(C)CC1. The Labute approximate surface area is 68.0 Å². The fraction of sp³-hybridized carbons (Fsp3) is 0.875. The first-order valence-electron chi connectivity index (χ1n) is 4.04. The zero-order valence-corrected chi connectivity index (χ0v) is 6.95. The minimum atomic E-state index is -0.260. The van der Waals surface area contributed by atoms with E-state index in [9.17, 15) is 0 Å².